The molecule has 9 nitrogen and oxygen atoms in total. The van der Waals surface area contributed by atoms with E-state index >= 15 is 0 Å². The summed E-state index contributed by atoms with van der Waals surface area (Å²) in [7, 11) is 0. The lowest BCUT2D eigenvalue weighted by Crippen LogP contribution is -2.58. The van der Waals surface area contributed by atoms with Gasteiger partial charge in [0.25, 0.3) is 0 Å². The van der Waals surface area contributed by atoms with Gasteiger partial charge in [-0.1, -0.05) is 37.6 Å². The van der Waals surface area contributed by atoms with Crippen molar-refractivity contribution in [1.82, 2.24) is 15.5 Å². The minimum absolute atomic E-state index is 0.0298. The van der Waals surface area contributed by atoms with Gasteiger partial charge in [0.2, 0.25) is 17.7 Å². The highest BCUT2D eigenvalue weighted by molar-refractivity contribution is 5.93. The highest BCUT2D eigenvalue weighted by Crippen LogP contribution is 2.32. The maximum absolute atomic E-state index is 14.1. The van der Waals surface area contributed by atoms with E-state index in [0.717, 1.165) is 18.4 Å². The zero-order valence-corrected chi connectivity index (χ0v) is 23.1. The van der Waals surface area contributed by atoms with Gasteiger partial charge in [0.15, 0.2) is 0 Å². The molecule has 1 aromatic carbocycles. The van der Waals surface area contributed by atoms with Crippen molar-refractivity contribution in [2.24, 2.45) is 5.73 Å². The van der Waals surface area contributed by atoms with Crippen molar-refractivity contribution in [3.05, 3.63) is 35.4 Å². The van der Waals surface area contributed by atoms with E-state index in [0.29, 0.717) is 12.1 Å². The lowest BCUT2D eigenvalue weighted by molar-refractivity contribution is -0.148. The number of unbranched alkanes of at least 4 members (excludes halogenated alkanes) is 1. The Kier molecular flexibility index (Phi) is 11.4. The fourth-order valence-corrected chi connectivity index (χ4v) is 3.78. The summed E-state index contributed by atoms with van der Waals surface area (Å²) in [5, 5.41) is 5.56. The van der Waals surface area contributed by atoms with Gasteiger partial charge >= 0.3 is 6.09 Å². The zero-order chi connectivity index (χ0) is 27.7. The van der Waals surface area contributed by atoms with Crippen LogP contribution in [0.4, 0.5) is 4.79 Å². The molecule has 2 atom stereocenters. The van der Waals surface area contributed by atoms with Gasteiger partial charge in [0.1, 0.15) is 17.7 Å². The molecule has 0 saturated heterocycles. The molecule has 0 aliphatic rings. The lowest BCUT2D eigenvalue weighted by atomic mass is 9.92. The summed E-state index contributed by atoms with van der Waals surface area (Å²) in [6.45, 7) is 15.0. The van der Waals surface area contributed by atoms with E-state index in [4.69, 9.17) is 10.5 Å². The van der Waals surface area contributed by atoms with Crippen LogP contribution in [0.25, 0.3) is 0 Å². The summed E-state index contributed by atoms with van der Waals surface area (Å²) in [5.74, 6) is -1.42. The number of carbonyl (C=O) groups excluding carboxylic acids is 4. The van der Waals surface area contributed by atoms with Crippen LogP contribution in [0.1, 0.15) is 91.3 Å². The molecule has 0 aliphatic carbocycles. The molecule has 4 amide bonds. The van der Waals surface area contributed by atoms with Crippen molar-refractivity contribution in [2.75, 3.05) is 6.54 Å². The van der Waals surface area contributed by atoms with Crippen LogP contribution in [0.2, 0.25) is 0 Å². The third-order valence-electron chi connectivity index (χ3n) is 5.45. The Bertz CT molecular complexity index is 917. The molecule has 4 N–H and O–H groups in total. The average molecular weight is 505 g/mol. The van der Waals surface area contributed by atoms with Crippen molar-refractivity contribution in [1.29, 1.82) is 0 Å². The fraction of sp³-hybridized carbons (Fsp3) is 0.630. The zero-order valence-electron chi connectivity index (χ0n) is 23.1. The second-order valence-electron chi connectivity index (χ2n) is 11.0. The Morgan fingerprint density at radius 2 is 1.67 bits per heavy atom. The van der Waals surface area contributed by atoms with Gasteiger partial charge in [0, 0.05) is 18.5 Å². The fourth-order valence-electron chi connectivity index (χ4n) is 3.78. The summed E-state index contributed by atoms with van der Waals surface area (Å²) in [6, 6.07) is 5.33. The third-order valence-corrected chi connectivity index (χ3v) is 5.45. The van der Waals surface area contributed by atoms with Crippen LogP contribution in [-0.2, 0) is 19.1 Å². The first-order valence-corrected chi connectivity index (χ1v) is 12.5. The number of nitrogens with one attached hydrogen (secondary N) is 2. The molecule has 36 heavy (non-hydrogen) atoms. The first-order chi connectivity index (χ1) is 16.6. The van der Waals surface area contributed by atoms with Crippen molar-refractivity contribution in [2.45, 2.75) is 104 Å². The number of hydrogen-bond acceptors (Lipinski definition) is 5. The molecule has 0 spiro atoms. The first kappa shape index (κ1) is 30.9. The van der Waals surface area contributed by atoms with Crippen LogP contribution in [-0.4, -0.2) is 52.4 Å². The van der Waals surface area contributed by atoms with E-state index in [9.17, 15) is 19.2 Å². The Hall–Kier alpha value is -3.10. The number of nitrogens with zero attached hydrogens (tertiary/aromatic N) is 1. The SMILES string of the molecule is CCCCNC(=O)C(c1ccccc1C)N(C(=O)C(CCC(N)=O)NC(=O)OC(C)(C)C)C(C)(C)C. The molecule has 0 fully saturated rings. The van der Waals surface area contributed by atoms with Crippen molar-refractivity contribution in [3.8, 4) is 0 Å². The summed E-state index contributed by atoms with van der Waals surface area (Å²) < 4.78 is 5.35. The quantitative estimate of drug-likeness (QED) is 0.395. The number of rotatable bonds is 11. The van der Waals surface area contributed by atoms with Gasteiger partial charge in [-0.15, -0.1) is 0 Å². The van der Waals surface area contributed by atoms with Crippen molar-refractivity contribution >= 4 is 23.8 Å². The Labute approximate surface area is 215 Å². The van der Waals surface area contributed by atoms with Crippen LogP contribution in [0.15, 0.2) is 24.3 Å². The van der Waals surface area contributed by atoms with Gasteiger partial charge in [-0.3, -0.25) is 14.4 Å². The Morgan fingerprint density at radius 3 is 2.17 bits per heavy atom. The number of alkyl carbamates (subject to hydrolysis) is 1. The van der Waals surface area contributed by atoms with Gasteiger partial charge in [-0.2, -0.15) is 0 Å². The number of hydrogen-bond donors (Lipinski definition) is 3. The van der Waals surface area contributed by atoms with E-state index in [1.807, 2.05) is 58.9 Å². The predicted octanol–water partition coefficient (Wildman–Crippen LogP) is 3.74. The number of amides is 4. The monoisotopic (exact) mass is 504 g/mol. The molecule has 0 saturated carbocycles. The second kappa shape index (κ2) is 13.3. The Balaban J connectivity index is 3.54. The van der Waals surface area contributed by atoms with E-state index in [1.165, 1.54) is 4.90 Å². The van der Waals surface area contributed by atoms with Crippen molar-refractivity contribution in [3.63, 3.8) is 0 Å². The largest absolute Gasteiger partial charge is 0.444 e. The van der Waals surface area contributed by atoms with Crippen LogP contribution in [0, 0.1) is 6.92 Å². The average Bonchev–Trinajstić information content (AvgIpc) is 2.73. The van der Waals surface area contributed by atoms with Gasteiger partial charge in [0.05, 0.1) is 0 Å². The maximum atomic E-state index is 14.1. The molecule has 0 aliphatic heterocycles. The van der Waals surface area contributed by atoms with E-state index in [2.05, 4.69) is 10.6 Å². The van der Waals surface area contributed by atoms with Gasteiger partial charge in [-0.25, -0.2) is 4.79 Å². The van der Waals surface area contributed by atoms with Gasteiger partial charge < -0.3 is 26.0 Å². The number of primary amides is 1. The lowest BCUT2D eigenvalue weighted by Gasteiger charge is -2.43. The van der Waals surface area contributed by atoms with Crippen LogP contribution in [0.3, 0.4) is 0 Å². The number of carbonyl (C=O) groups is 4. The molecule has 0 aromatic heterocycles. The van der Waals surface area contributed by atoms with Crippen LogP contribution < -0.4 is 16.4 Å². The van der Waals surface area contributed by atoms with E-state index < -0.39 is 41.1 Å². The number of nitrogens with two attached hydrogens (primary N) is 1. The van der Waals surface area contributed by atoms with Crippen LogP contribution in [0.5, 0.6) is 0 Å². The van der Waals surface area contributed by atoms with E-state index in [-0.39, 0.29) is 18.7 Å². The highest BCUT2D eigenvalue weighted by atomic mass is 16.6. The topological polar surface area (TPSA) is 131 Å². The normalized spacial score (nSPS) is 13.3. The molecule has 0 heterocycles. The molecule has 1 rings (SSSR count). The number of aryl methyl sites for hydroxylation is 1. The number of ether oxygens (including phenoxy) is 1. The van der Waals surface area contributed by atoms with E-state index in [1.54, 1.807) is 20.8 Å². The van der Waals surface area contributed by atoms with Gasteiger partial charge in [-0.05, 0) is 72.4 Å². The minimum atomic E-state index is -1.12. The van der Waals surface area contributed by atoms with Crippen molar-refractivity contribution < 1.29 is 23.9 Å². The molecule has 2 unspecified atom stereocenters. The molecule has 9 heteroatoms. The standard InChI is InChI=1S/C27H44N4O5/c1-9-10-17-29-23(33)22(19-14-12-11-13-18(19)2)31(26(3,4)5)24(34)20(15-16-21(28)32)30-25(35)36-27(6,7)8/h11-14,20,22H,9-10,15-17H2,1-8H3,(H2,28,32)(H,29,33)(H,30,35). The smallest absolute Gasteiger partial charge is 0.408 e. The highest BCUT2D eigenvalue weighted by Gasteiger charge is 2.42. The summed E-state index contributed by atoms with van der Waals surface area (Å²) >= 11 is 0. The summed E-state index contributed by atoms with van der Waals surface area (Å²) in [6.07, 6.45) is 0.766. The second-order valence-corrected chi connectivity index (χ2v) is 11.0. The molecular weight excluding hydrogens is 460 g/mol. The molecule has 202 valence electrons. The molecule has 1 aromatic rings. The maximum Gasteiger partial charge on any atom is 0.408 e. The Morgan fingerprint density at radius 1 is 1.06 bits per heavy atom. The minimum Gasteiger partial charge on any atom is -0.444 e. The molecule has 0 bridgehead atoms. The summed E-state index contributed by atoms with van der Waals surface area (Å²) in [5.41, 5.74) is 5.29. The molecule has 0 radical (unpaired) electrons. The van der Waals surface area contributed by atoms with Crippen LogP contribution >= 0.6 is 0 Å². The number of benzene rings is 1. The first-order valence-electron chi connectivity index (χ1n) is 12.5. The third kappa shape index (κ3) is 9.87. The summed E-state index contributed by atoms with van der Waals surface area (Å²) in [4.78, 5) is 53.3. The molecular formula is C27H44N4O5. The predicted molar refractivity (Wildman–Crippen MR) is 140 cm³/mol.